The van der Waals surface area contributed by atoms with Crippen molar-refractivity contribution in [1.82, 2.24) is 57.3 Å². The molecular formula is C73H107N14O41P5S4. The number of aryl methyl sites for hydroxylation is 6. The summed E-state index contributed by atoms with van der Waals surface area (Å²) < 4.78 is 180. The van der Waals surface area contributed by atoms with Gasteiger partial charge in [0.1, 0.15) is 110 Å². The van der Waals surface area contributed by atoms with Crippen LogP contribution in [-0.4, -0.2) is 294 Å². The number of aromatic nitrogens is 12. The first kappa shape index (κ1) is 109. The summed E-state index contributed by atoms with van der Waals surface area (Å²) in [5.74, 6) is -0.231. The van der Waals surface area contributed by atoms with E-state index in [2.05, 4.69) is 42.2 Å². The van der Waals surface area contributed by atoms with Crippen LogP contribution in [0.1, 0.15) is 96.9 Å². The number of H-pyrrole nitrogens is 4. The van der Waals surface area contributed by atoms with Gasteiger partial charge in [-0.05, 0) is 83.4 Å². The number of rotatable bonds is 48. The van der Waals surface area contributed by atoms with E-state index in [1.165, 1.54) is 92.4 Å². The van der Waals surface area contributed by atoms with E-state index in [1.54, 1.807) is 13.8 Å². The van der Waals surface area contributed by atoms with Crippen LogP contribution in [0.3, 0.4) is 0 Å². The predicted molar refractivity (Wildman–Crippen MR) is 485 cm³/mol. The number of aliphatic hydroxyl groups excluding tert-OH is 1. The summed E-state index contributed by atoms with van der Waals surface area (Å²) >= 11 is 21.2. The molecule has 27 atom stereocenters. The summed E-state index contributed by atoms with van der Waals surface area (Å²) in [6.07, 6.45) is -27.8. The van der Waals surface area contributed by atoms with Gasteiger partial charge in [-0.2, -0.15) is 9.97 Å². The van der Waals surface area contributed by atoms with E-state index in [0.717, 1.165) is 35.2 Å². The van der Waals surface area contributed by atoms with E-state index in [-0.39, 0.29) is 92.1 Å². The van der Waals surface area contributed by atoms with Gasteiger partial charge in [-0.15, -0.1) is 0 Å². The molecule has 55 nitrogen and oxygen atoms in total. The number of hydrogen-bond acceptors (Lipinski definition) is 44. The fraction of sp³-hybridized carbons (Fsp3) is 0.671. The number of thiol groups is 1. The van der Waals surface area contributed by atoms with Crippen molar-refractivity contribution < 1.29 is 145 Å². The molecule has 764 valence electrons. The summed E-state index contributed by atoms with van der Waals surface area (Å²) in [6.45, 7) is -15.6. The Balaban J connectivity index is 0.824. The lowest BCUT2D eigenvalue weighted by molar-refractivity contribution is -0.0848. The van der Waals surface area contributed by atoms with Crippen LogP contribution in [-0.2, 0) is 156 Å². The third-order valence-corrected chi connectivity index (χ3v) is 29.6. The highest BCUT2D eigenvalue weighted by Crippen LogP contribution is 2.60. The number of anilines is 2. The second-order valence-electron chi connectivity index (χ2n) is 31.9. The van der Waals surface area contributed by atoms with Crippen molar-refractivity contribution in [2.45, 2.75) is 203 Å². The molecule has 0 aliphatic carbocycles. The first-order chi connectivity index (χ1) is 64.7. The second kappa shape index (κ2) is 47.0. The van der Waals surface area contributed by atoms with Crippen molar-refractivity contribution in [3.8, 4) is 0 Å². The first-order valence-corrected chi connectivity index (χ1v) is 53.9. The Morgan fingerprint density at radius 1 is 0.394 bits per heavy atom. The number of methoxy groups -OCH3 is 4. The van der Waals surface area contributed by atoms with E-state index in [4.69, 9.17) is 158 Å². The van der Waals surface area contributed by atoms with Gasteiger partial charge in [-0.1, -0.05) is 19.2 Å². The lowest BCUT2D eigenvalue weighted by Crippen LogP contribution is -2.42. The van der Waals surface area contributed by atoms with E-state index in [1.807, 2.05) is 0 Å². The van der Waals surface area contributed by atoms with Crippen LogP contribution in [0.4, 0.5) is 11.6 Å². The molecule has 0 saturated carbocycles. The molecular weight excluding hydrogens is 2010 g/mol. The normalized spacial score (nSPS) is 29.5. The van der Waals surface area contributed by atoms with Gasteiger partial charge in [0.25, 0.3) is 22.2 Å². The largest absolute Gasteiger partial charge is 0.472 e. The van der Waals surface area contributed by atoms with Crippen molar-refractivity contribution >= 4 is 94.1 Å². The van der Waals surface area contributed by atoms with Crippen molar-refractivity contribution in [2.24, 2.45) is 0 Å². The number of phosphoric acid groups is 1. The van der Waals surface area contributed by atoms with Crippen LogP contribution in [0.25, 0.3) is 0 Å². The highest BCUT2D eigenvalue weighted by Gasteiger charge is 2.57. The highest BCUT2D eigenvalue weighted by atomic mass is 32.7. The minimum atomic E-state index is -5.89. The second-order valence-corrected chi connectivity index (χ2v) is 44.6. The van der Waals surface area contributed by atoms with Crippen molar-refractivity contribution in [3.63, 3.8) is 0 Å². The van der Waals surface area contributed by atoms with Gasteiger partial charge in [0.15, 0.2) is 24.9 Å². The Kier molecular flexibility index (Phi) is 37.6. The molecule has 0 bridgehead atoms. The number of ether oxygens (including phenoxy) is 14. The molecule has 11 unspecified atom stereocenters. The first-order valence-electron chi connectivity index (χ1n) is 42.0. The standard InChI is InChI=1S/C73H107N14O41P5S4/c1-12-40-41(21-48(118-40)82-23-34(2)58(74)76-68(82)93)124-130(101,134)114-29-43-42(22-49(119-43)83-25-36(4)60(89)78-70(83)95)125-131(102,135)116-32-46-51(55(110-18-14-106-9)65(122-46)86-27-38(6)62(91)80-72(86)97)126-129(99,100)113-31-45-52(56(111-19-15-107-10)66(121-45)84-24-35(3)59(75)77-69(84)94)127-133(104,137)117-33-47-53(57(112-20-16-108-11)67(123-47)87-28-39(7)63(92)81-73(87)98)128-132(103,136)115-30-44-50(88)54(109-17-13-105-8)64(120-44)85-26-37(5)61(90)79-71(85)96/h23-28,40-57,64-67,88H,12-22,29-33H2,1-11H3,(H,99,100)(H,101,134)(H,102,135)(H,103,136)(H,104,137)(H2,74,76,93)(H2,75,77,94)(H,78,89,95)(H,79,90,96)(H,80,91,97)(H,81,92,98)/t40-,41?,42?,43-,44-,45-,46-,47-,48-,49-,50?,51?,52?,53?,54+,55+,56+,57+,64-,65-,66-,67-,130?,131?,132?,133?/m1/s1. The molecule has 0 amide bonds. The Morgan fingerprint density at radius 2 is 0.708 bits per heavy atom. The molecule has 6 aliphatic heterocycles. The van der Waals surface area contributed by atoms with Gasteiger partial charge >= 0.3 is 68.9 Å². The molecule has 137 heavy (non-hydrogen) atoms. The maximum Gasteiger partial charge on any atom is 0.472 e. The third-order valence-electron chi connectivity index (χ3n) is 22.3. The molecule has 6 saturated heterocycles. The number of nitrogen functional groups attached to an aromatic ring is 2. The van der Waals surface area contributed by atoms with Gasteiger partial charge in [-0.3, -0.25) is 93.7 Å². The van der Waals surface area contributed by atoms with Crippen molar-refractivity contribution in [3.05, 3.63) is 175 Å². The lowest BCUT2D eigenvalue weighted by atomic mass is 10.1. The molecule has 0 aromatic carbocycles. The molecule has 6 fully saturated rings. The van der Waals surface area contributed by atoms with Crippen LogP contribution >= 0.6 is 47.0 Å². The highest BCUT2D eigenvalue weighted by molar-refractivity contribution is 8.44. The van der Waals surface area contributed by atoms with E-state index in [9.17, 15) is 72.6 Å². The van der Waals surface area contributed by atoms with Crippen LogP contribution in [0.5, 0.6) is 0 Å². The monoisotopic (exact) mass is 2120 g/mol. The quantitative estimate of drug-likeness (QED) is 0.0118. The maximum absolute atomic E-state index is 15.3. The Morgan fingerprint density at radius 3 is 1.14 bits per heavy atom. The minimum absolute atomic E-state index is 0.0000913. The number of phosphoric ester groups is 1. The Hall–Kier alpha value is -6.32. The predicted octanol–water partition coefficient (Wildman–Crippen LogP) is -1.42. The SMILES string of the molecule is CC[C@H]1O[C@@H](n2cc(C)c(N)nc2=O)CC1OP(O)(=S)OC[C@H]1O[C@@H](n2cc(C)c(=O)[nH]c2=O)CC1OP(=O)(S)OC[C@H]1O[C@@H](n2cc(C)c(=O)[nH]c2=O)[C@@H](OCCOC)C1OP(=O)(O)OC[C@H]1O[C@@H](n2cc(C)c(N)nc2=O)[C@@H](OCCOC)C1OP(O)(=S)OC[C@H]1O[C@@H](n2cc(C)c(=O)[nH]c2=O)[C@@H](OCCOC)C1OP(O)(=S)OC[C@H]1O[C@@H](n2cc(C)c(=O)[nH]c2=O)[C@@H](OCCOC)C1O. The van der Waals surface area contributed by atoms with Gasteiger partial charge in [0, 0.05) is 112 Å². The molecule has 0 spiro atoms. The topological polar surface area (TPSA) is 698 Å². The van der Waals surface area contributed by atoms with Crippen LogP contribution in [0.2, 0.25) is 0 Å². The van der Waals surface area contributed by atoms with Gasteiger partial charge in [-0.25, -0.2) is 37.9 Å². The van der Waals surface area contributed by atoms with Crippen LogP contribution in [0.15, 0.2) is 85.1 Å². The molecule has 6 aromatic heterocycles. The maximum atomic E-state index is 15.3. The minimum Gasteiger partial charge on any atom is -0.387 e. The molecule has 6 aliphatic rings. The zero-order valence-electron chi connectivity index (χ0n) is 75.1. The molecule has 12 rings (SSSR count). The molecule has 13 N–H and O–H groups in total. The summed E-state index contributed by atoms with van der Waals surface area (Å²) in [4.78, 5) is 198. The fourth-order valence-corrected chi connectivity index (χ4v) is 22.2. The third kappa shape index (κ3) is 27.2. The Labute approximate surface area is 796 Å². The zero-order valence-corrected chi connectivity index (χ0v) is 82.9. The molecule has 12 heterocycles. The van der Waals surface area contributed by atoms with Crippen molar-refractivity contribution in [2.75, 3.05) is 126 Å². The van der Waals surface area contributed by atoms with E-state index >= 15 is 9.13 Å². The summed E-state index contributed by atoms with van der Waals surface area (Å²) in [5.41, 5.74) is 3.59. The summed E-state index contributed by atoms with van der Waals surface area (Å²) in [6, 6.07) is 0. The lowest BCUT2D eigenvalue weighted by Gasteiger charge is -2.30. The Bertz CT molecular complexity index is 6170. The molecule has 64 heteroatoms. The molecule has 0 radical (unpaired) electrons. The zero-order chi connectivity index (χ0) is 99.8. The van der Waals surface area contributed by atoms with Crippen LogP contribution < -0.4 is 67.8 Å². The number of hydrogen-bond donors (Lipinski definition) is 12. The van der Waals surface area contributed by atoms with Gasteiger partial charge in [0.2, 0.25) is 0 Å². The smallest absolute Gasteiger partial charge is 0.387 e. The molecule has 6 aromatic rings. The van der Waals surface area contributed by atoms with E-state index in [0.29, 0.717) is 12.0 Å². The number of aromatic amines is 4. The summed E-state index contributed by atoms with van der Waals surface area (Å²) in [7, 11) is -0.586. The van der Waals surface area contributed by atoms with E-state index < -0.39 is 272 Å². The summed E-state index contributed by atoms with van der Waals surface area (Å²) in [5, 5.41) is 11.7. The van der Waals surface area contributed by atoms with Crippen molar-refractivity contribution in [1.29, 1.82) is 0 Å². The number of nitrogens with zero attached hydrogens (tertiary/aromatic N) is 8. The van der Waals surface area contributed by atoms with Crippen LogP contribution in [0, 0.1) is 41.5 Å². The van der Waals surface area contributed by atoms with Gasteiger partial charge in [0.05, 0.1) is 98.1 Å². The number of nitrogens with two attached hydrogens (primary N) is 2. The number of aliphatic hydroxyl groups is 1. The van der Waals surface area contributed by atoms with Gasteiger partial charge < -0.3 is 121 Å². The average molecular weight is 2120 g/mol. The average Bonchev–Trinajstić information content (AvgIpc) is 1.64. The fourth-order valence-electron chi connectivity index (χ4n) is 15.4. The number of nitrogens with one attached hydrogen (secondary N) is 4.